The largest absolute Gasteiger partial charge is 0.463 e. The average molecular weight is 472 g/mol. The molecule has 0 bridgehead atoms. The first-order valence-corrected chi connectivity index (χ1v) is 12.3. The van der Waals surface area contributed by atoms with Gasteiger partial charge in [-0.1, -0.05) is 60.7 Å². The van der Waals surface area contributed by atoms with Gasteiger partial charge in [-0.15, -0.1) is 0 Å². The fourth-order valence-electron chi connectivity index (χ4n) is 4.68. The minimum Gasteiger partial charge on any atom is -0.463 e. The van der Waals surface area contributed by atoms with Gasteiger partial charge in [-0.3, -0.25) is 4.79 Å². The first-order valence-electron chi connectivity index (χ1n) is 11.5. The van der Waals surface area contributed by atoms with Crippen molar-refractivity contribution in [3.63, 3.8) is 0 Å². The molecule has 1 saturated carbocycles. The summed E-state index contributed by atoms with van der Waals surface area (Å²) in [4.78, 5) is 29.0. The molecule has 1 aliphatic carbocycles. The number of amides is 1. The lowest BCUT2D eigenvalue weighted by Gasteiger charge is -2.30. The van der Waals surface area contributed by atoms with E-state index in [4.69, 9.17) is 9.84 Å². The predicted molar refractivity (Wildman–Crippen MR) is 135 cm³/mol. The highest BCUT2D eigenvalue weighted by Crippen LogP contribution is 2.46. The zero-order valence-corrected chi connectivity index (χ0v) is 19.7. The highest BCUT2D eigenvalue weighted by atomic mass is 32.2. The van der Waals surface area contributed by atoms with Crippen LogP contribution in [0.2, 0.25) is 0 Å². The van der Waals surface area contributed by atoms with Crippen LogP contribution in [-0.4, -0.2) is 34.4 Å². The van der Waals surface area contributed by atoms with Crippen molar-refractivity contribution in [2.24, 2.45) is 16.0 Å². The first kappa shape index (κ1) is 22.3. The second kappa shape index (κ2) is 9.81. The molecule has 2 atom stereocenters. The number of rotatable bonds is 4. The van der Waals surface area contributed by atoms with Crippen LogP contribution < -0.4 is 0 Å². The summed E-state index contributed by atoms with van der Waals surface area (Å²) in [6.45, 7) is 1.98. The Hall–Kier alpha value is -3.45. The Morgan fingerprint density at radius 2 is 1.88 bits per heavy atom. The number of esters is 1. The van der Waals surface area contributed by atoms with Crippen LogP contribution in [0.5, 0.6) is 0 Å². The zero-order valence-electron chi connectivity index (χ0n) is 18.9. The number of carbonyl (C=O) groups excluding carboxylic acids is 2. The summed E-state index contributed by atoms with van der Waals surface area (Å²) in [5, 5.41) is 7.42. The van der Waals surface area contributed by atoms with Crippen molar-refractivity contribution in [2.75, 3.05) is 6.61 Å². The number of benzene rings is 2. The van der Waals surface area contributed by atoms with E-state index in [0.29, 0.717) is 5.17 Å². The maximum atomic E-state index is 12.6. The van der Waals surface area contributed by atoms with E-state index in [0.717, 1.165) is 36.1 Å². The third kappa shape index (κ3) is 4.48. The van der Waals surface area contributed by atoms with Crippen LogP contribution >= 0.6 is 11.8 Å². The lowest BCUT2D eigenvalue weighted by Crippen LogP contribution is -2.30. The molecule has 34 heavy (non-hydrogen) atoms. The molecule has 2 aliphatic heterocycles. The van der Waals surface area contributed by atoms with E-state index in [-0.39, 0.29) is 23.5 Å². The molecule has 7 heteroatoms. The molecule has 1 amide bonds. The Balaban J connectivity index is 1.52. The average Bonchev–Trinajstić information content (AvgIpc) is 3.41. The van der Waals surface area contributed by atoms with Gasteiger partial charge in [0.15, 0.2) is 5.17 Å². The third-order valence-corrected chi connectivity index (χ3v) is 7.10. The molecule has 3 aliphatic rings. The summed E-state index contributed by atoms with van der Waals surface area (Å²) in [5.74, 6) is -0.776. The van der Waals surface area contributed by atoms with Crippen molar-refractivity contribution >= 4 is 40.6 Å². The number of hydrazone groups is 1. The van der Waals surface area contributed by atoms with Crippen molar-refractivity contribution < 1.29 is 14.3 Å². The molecule has 2 aromatic carbocycles. The highest BCUT2D eigenvalue weighted by molar-refractivity contribution is 8.18. The molecule has 0 unspecified atom stereocenters. The molecule has 2 heterocycles. The van der Waals surface area contributed by atoms with Gasteiger partial charge in [0, 0.05) is 12.0 Å². The molecule has 0 saturated heterocycles. The quantitative estimate of drug-likeness (QED) is 0.443. The monoisotopic (exact) mass is 471 g/mol. The Kier molecular flexibility index (Phi) is 6.45. The maximum absolute atomic E-state index is 12.6. The minimum absolute atomic E-state index is 0.0586. The highest BCUT2D eigenvalue weighted by Gasteiger charge is 2.44. The van der Waals surface area contributed by atoms with E-state index in [2.05, 4.69) is 35.3 Å². The predicted octanol–water partition coefficient (Wildman–Crippen LogP) is 5.36. The van der Waals surface area contributed by atoms with E-state index >= 15 is 0 Å². The van der Waals surface area contributed by atoms with Gasteiger partial charge >= 0.3 is 5.97 Å². The molecule has 0 N–H and O–H groups in total. The Bertz CT molecular complexity index is 1220. The summed E-state index contributed by atoms with van der Waals surface area (Å²) in [6, 6.07) is 20.5. The Morgan fingerprint density at radius 1 is 1.15 bits per heavy atom. The van der Waals surface area contributed by atoms with Crippen molar-refractivity contribution in [3.8, 4) is 0 Å². The zero-order chi connectivity index (χ0) is 23.5. The van der Waals surface area contributed by atoms with Gasteiger partial charge in [-0.25, -0.2) is 9.80 Å². The van der Waals surface area contributed by atoms with E-state index in [1.165, 1.54) is 23.4 Å². The van der Waals surface area contributed by atoms with Gasteiger partial charge < -0.3 is 4.74 Å². The van der Waals surface area contributed by atoms with E-state index in [1.54, 1.807) is 6.92 Å². The van der Waals surface area contributed by atoms with E-state index in [1.807, 2.05) is 41.4 Å². The van der Waals surface area contributed by atoms with Crippen LogP contribution in [0.1, 0.15) is 43.4 Å². The van der Waals surface area contributed by atoms with Crippen molar-refractivity contribution in [1.82, 2.24) is 5.01 Å². The van der Waals surface area contributed by atoms with Crippen molar-refractivity contribution in [1.29, 1.82) is 0 Å². The molecule has 0 spiro atoms. The van der Waals surface area contributed by atoms with Crippen molar-refractivity contribution in [3.05, 3.63) is 88.3 Å². The summed E-state index contributed by atoms with van der Waals surface area (Å²) < 4.78 is 4.97. The Labute approximate surface area is 203 Å². The van der Waals surface area contributed by atoms with Gasteiger partial charge in [0.1, 0.15) is 0 Å². The maximum Gasteiger partial charge on any atom is 0.332 e. The Morgan fingerprint density at radius 3 is 2.62 bits per heavy atom. The summed E-state index contributed by atoms with van der Waals surface area (Å²) in [5.41, 5.74) is 4.56. The normalized spacial score (nSPS) is 24.3. The number of allylic oxidation sites excluding steroid dienone is 1. The van der Waals surface area contributed by atoms with Crippen LogP contribution in [0.4, 0.5) is 0 Å². The van der Waals surface area contributed by atoms with Crippen LogP contribution in [0.3, 0.4) is 0 Å². The number of ether oxygens (including phenoxy) is 1. The number of thioether (sulfide) groups is 1. The van der Waals surface area contributed by atoms with Crippen LogP contribution in [0.25, 0.3) is 6.08 Å². The molecular weight excluding hydrogens is 446 g/mol. The molecule has 6 nitrogen and oxygen atoms in total. The number of carbonyl (C=O) groups is 2. The summed E-state index contributed by atoms with van der Waals surface area (Å²) >= 11 is 1.18. The molecule has 2 aromatic rings. The molecular formula is C27H25N3O3S. The van der Waals surface area contributed by atoms with Crippen LogP contribution in [0.15, 0.2) is 87.3 Å². The molecule has 172 valence electrons. The summed E-state index contributed by atoms with van der Waals surface area (Å²) in [6.07, 6.45) is 6.50. The SMILES string of the molecule is CCOC(=O)/C=C1\SC(N2N=C3/C(=C\c4ccccc4)CCC[C@H]3[C@H]2c2ccccc2)=NC1=O. The van der Waals surface area contributed by atoms with Gasteiger partial charge in [0.2, 0.25) is 0 Å². The second-order valence-electron chi connectivity index (χ2n) is 8.33. The number of amidine groups is 1. The topological polar surface area (TPSA) is 71.3 Å². The van der Waals surface area contributed by atoms with Gasteiger partial charge in [0.05, 0.1) is 23.3 Å². The van der Waals surface area contributed by atoms with E-state index in [9.17, 15) is 9.59 Å². The number of hydrogen-bond donors (Lipinski definition) is 0. The standard InChI is InChI=1S/C27H25N3O3S/c1-2-33-23(31)17-22-26(32)28-27(34-22)30-25(19-12-7-4-8-13-19)21-15-9-14-20(24(21)29-30)16-18-10-5-3-6-11-18/h3-8,10-13,16-17,21,25H,2,9,14-15H2,1H3/b20-16-,22-17-/t21-,25-/m1/s1. The number of aliphatic imine (C=N–C) groups is 1. The smallest absolute Gasteiger partial charge is 0.332 e. The molecule has 5 rings (SSSR count). The fraction of sp³-hybridized carbons (Fsp3) is 0.259. The van der Waals surface area contributed by atoms with Crippen molar-refractivity contribution in [2.45, 2.75) is 32.2 Å². The molecule has 0 radical (unpaired) electrons. The van der Waals surface area contributed by atoms with Gasteiger partial charge in [-0.05, 0) is 60.7 Å². The van der Waals surface area contributed by atoms with Crippen LogP contribution in [0, 0.1) is 5.92 Å². The van der Waals surface area contributed by atoms with Gasteiger partial charge in [-0.2, -0.15) is 10.1 Å². The van der Waals surface area contributed by atoms with Gasteiger partial charge in [0.25, 0.3) is 5.91 Å². The lowest BCUT2D eigenvalue weighted by atomic mass is 9.77. The first-order chi connectivity index (χ1) is 16.6. The number of nitrogens with zero attached hydrogens (tertiary/aromatic N) is 3. The number of hydrogen-bond acceptors (Lipinski definition) is 6. The summed E-state index contributed by atoms with van der Waals surface area (Å²) in [7, 11) is 0. The van der Waals surface area contributed by atoms with Crippen LogP contribution in [-0.2, 0) is 14.3 Å². The number of fused-ring (bicyclic) bond motifs is 1. The molecule has 0 aromatic heterocycles. The third-order valence-electron chi connectivity index (χ3n) is 6.12. The van der Waals surface area contributed by atoms with E-state index < -0.39 is 11.9 Å². The lowest BCUT2D eigenvalue weighted by molar-refractivity contribution is -0.137. The molecule has 1 fully saturated rings. The minimum atomic E-state index is -0.538. The second-order valence-corrected chi connectivity index (χ2v) is 9.34. The fourth-order valence-corrected chi connectivity index (χ4v) is 5.54.